The molecule has 88 valence electrons. The molecule has 0 fully saturated rings. The average Bonchev–Trinajstić information content (AvgIpc) is 2.21. The van der Waals surface area contributed by atoms with Gasteiger partial charge in [0.15, 0.2) is 0 Å². The average molecular weight is 227 g/mol. The van der Waals surface area contributed by atoms with Crippen molar-refractivity contribution >= 4 is 11.7 Å². The van der Waals surface area contributed by atoms with Crippen LogP contribution >= 0.6 is 0 Å². The zero-order valence-corrected chi connectivity index (χ0v) is 8.84. The highest BCUT2D eigenvalue weighted by atomic mass is 16.4. The van der Waals surface area contributed by atoms with E-state index in [0.29, 0.717) is 17.5 Å². The van der Waals surface area contributed by atoms with E-state index in [1.165, 1.54) is 10.8 Å². The first-order valence-electron chi connectivity index (χ1n) is 4.79. The lowest BCUT2D eigenvalue weighted by atomic mass is 10.4. The summed E-state index contributed by atoms with van der Waals surface area (Å²) < 4.78 is 1.85. The molecule has 0 aliphatic carbocycles. The molecule has 0 saturated carbocycles. The molecular formula is C9H13N3O4. The third-order valence-electron chi connectivity index (χ3n) is 2.02. The molecule has 1 rings (SSSR count). The zero-order chi connectivity index (χ0) is 12.3. The topological polar surface area (TPSA) is 107 Å². The molecule has 0 aromatic carbocycles. The van der Waals surface area contributed by atoms with Gasteiger partial charge in [-0.25, -0.2) is 9.36 Å². The van der Waals surface area contributed by atoms with E-state index in [9.17, 15) is 14.4 Å². The predicted molar refractivity (Wildman–Crippen MR) is 57.3 cm³/mol. The second-order valence-electron chi connectivity index (χ2n) is 3.35. The largest absolute Gasteiger partial charge is 0.480 e. The Bertz CT molecular complexity index is 514. The summed E-state index contributed by atoms with van der Waals surface area (Å²) in [6, 6.07) is 0. The van der Waals surface area contributed by atoms with Crippen molar-refractivity contribution in [1.82, 2.24) is 9.13 Å². The van der Waals surface area contributed by atoms with Gasteiger partial charge in [0, 0.05) is 12.7 Å². The molecule has 0 unspecified atom stereocenters. The minimum Gasteiger partial charge on any atom is -0.480 e. The minimum atomic E-state index is -1.26. The van der Waals surface area contributed by atoms with E-state index in [-0.39, 0.29) is 5.69 Å². The first-order valence-corrected chi connectivity index (χ1v) is 4.79. The number of rotatable bonds is 4. The van der Waals surface area contributed by atoms with Crippen LogP contribution in [0.1, 0.15) is 13.3 Å². The summed E-state index contributed by atoms with van der Waals surface area (Å²) in [4.78, 5) is 33.6. The second kappa shape index (κ2) is 4.65. The molecule has 1 aromatic rings. The number of nitrogens with zero attached hydrogens (tertiary/aromatic N) is 2. The first-order chi connectivity index (χ1) is 7.47. The summed E-state index contributed by atoms with van der Waals surface area (Å²) in [6.45, 7) is 1.57. The van der Waals surface area contributed by atoms with Crippen LogP contribution in [0.25, 0.3) is 0 Å². The van der Waals surface area contributed by atoms with Crippen LogP contribution in [-0.2, 0) is 17.9 Å². The van der Waals surface area contributed by atoms with E-state index < -0.39 is 23.8 Å². The molecule has 7 nitrogen and oxygen atoms in total. The normalized spacial score (nSPS) is 10.3. The summed E-state index contributed by atoms with van der Waals surface area (Å²) in [5.74, 6) is -1.26. The molecular weight excluding hydrogens is 214 g/mol. The molecule has 0 radical (unpaired) electrons. The number of aromatic nitrogens is 2. The molecule has 1 aromatic heterocycles. The van der Waals surface area contributed by atoms with Crippen molar-refractivity contribution in [1.29, 1.82) is 0 Å². The van der Waals surface area contributed by atoms with E-state index in [2.05, 4.69) is 0 Å². The Morgan fingerprint density at radius 1 is 1.50 bits per heavy atom. The number of carboxylic acids is 1. The first kappa shape index (κ1) is 12.0. The van der Waals surface area contributed by atoms with Gasteiger partial charge in [0.05, 0.1) is 0 Å². The van der Waals surface area contributed by atoms with Crippen molar-refractivity contribution in [3.8, 4) is 0 Å². The van der Waals surface area contributed by atoms with Crippen LogP contribution in [0, 0.1) is 0 Å². The molecule has 16 heavy (non-hydrogen) atoms. The van der Waals surface area contributed by atoms with Crippen molar-refractivity contribution in [2.24, 2.45) is 0 Å². The Kier molecular flexibility index (Phi) is 3.49. The highest BCUT2D eigenvalue weighted by molar-refractivity contribution is 5.66. The van der Waals surface area contributed by atoms with Crippen LogP contribution in [0.4, 0.5) is 5.69 Å². The van der Waals surface area contributed by atoms with E-state index in [0.717, 1.165) is 0 Å². The van der Waals surface area contributed by atoms with Crippen molar-refractivity contribution in [2.75, 3.05) is 5.73 Å². The fourth-order valence-corrected chi connectivity index (χ4v) is 1.35. The van der Waals surface area contributed by atoms with Crippen molar-refractivity contribution in [3.05, 3.63) is 27.0 Å². The number of aryl methyl sites for hydroxylation is 1. The van der Waals surface area contributed by atoms with Gasteiger partial charge in [-0.3, -0.25) is 14.2 Å². The number of aliphatic carboxylic acids is 1. The van der Waals surface area contributed by atoms with Crippen molar-refractivity contribution in [2.45, 2.75) is 26.4 Å². The van der Waals surface area contributed by atoms with Crippen LogP contribution < -0.4 is 17.0 Å². The highest BCUT2D eigenvalue weighted by Crippen LogP contribution is 1.91. The second-order valence-corrected chi connectivity index (χ2v) is 3.35. The summed E-state index contributed by atoms with van der Waals surface area (Å²) >= 11 is 0. The van der Waals surface area contributed by atoms with E-state index in [4.69, 9.17) is 10.8 Å². The molecule has 0 aliphatic rings. The summed E-state index contributed by atoms with van der Waals surface area (Å²) in [7, 11) is 0. The monoisotopic (exact) mass is 227 g/mol. The maximum absolute atomic E-state index is 11.7. The number of hydrogen-bond acceptors (Lipinski definition) is 4. The number of anilines is 1. The molecule has 0 amide bonds. The van der Waals surface area contributed by atoms with Crippen molar-refractivity contribution < 1.29 is 9.90 Å². The van der Waals surface area contributed by atoms with E-state index in [1.807, 2.05) is 6.92 Å². The fourth-order valence-electron chi connectivity index (χ4n) is 1.35. The fraction of sp³-hybridized carbons (Fsp3) is 0.444. The van der Waals surface area contributed by atoms with Gasteiger partial charge >= 0.3 is 11.7 Å². The van der Waals surface area contributed by atoms with Gasteiger partial charge < -0.3 is 10.8 Å². The van der Waals surface area contributed by atoms with Crippen LogP contribution in [0.3, 0.4) is 0 Å². The molecule has 0 aliphatic heterocycles. The zero-order valence-electron chi connectivity index (χ0n) is 8.84. The molecule has 0 spiro atoms. The van der Waals surface area contributed by atoms with Crippen LogP contribution in [-0.4, -0.2) is 20.2 Å². The van der Waals surface area contributed by atoms with Crippen LogP contribution in [0.15, 0.2) is 15.8 Å². The highest BCUT2D eigenvalue weighted by Gasteiger charge is 2.11. The minimum absolute atomic E-state index is 0.130. The summed E-state index contributed by atoms with van der Waals surface area (Å²) in [6.07, 6.45) is 1.93. The lowest BCUT2D eigenvalue weighted by molar-refractivity contribution is -0.137. The van der Waals surface area contributed by atoms with E-state index in [1.54, 1.807) is 0 Å². The summed E-state index contributed by atoms with van der Waals surface area (Å²) in [5.41, 5.74) is 3.87. The Balaban J connectivity index is 3.40. The van der Waals surface area contributed by atoms with Gasteiger partial charge in [0.1, 0.15) is 12.2 Å². The predicted octanol–water partition coefficient (Wildman–Crippen LogP) is -0.913. The molecule has 0 bridgehead atoms. The standard InChI is InChI=1S/C9H13N3O4/c1-2-3-11-4-6(10)8(15)12(9(11)16)5-7(13)14/h4H,2-3,5,10H2,1H3,(H,13,14). The third kappa shape index (κ3) is 2.30. The lowest BCUT2D eigenvalue weighted by Crippen LogP contribution is -2.42. The Hall–Kier alpha value is -2.05. The van der Waals surface area contributed by atoms with E-state index >= 15 is 0 Å². The summed E-state index contributed by atoms with van der Waals surface area (Å²) in [5, 5.41) is 8.58. The molecule has 0 atom stereocenters. The van der Waals surface area contributed by atoms with Gasteiger partial charge in [-0.2, -0.15) is 0 Å². The maximum Gasteiger partial charge on any atom is 0.331 e. The smallest absolute Gasteiger partial charge is 0.331 e. The number of carbonyl (C=O) groups is 1. The lowest BCUT2D eigenvalue weighted by Gasteiger charge is -2.08. The number of nitrogens with two attached hydrogens (primary N) is 1. The maximum atomic E-state index is 11.7. The van der Waals surface area contributed by atoms with Gasteiger partial charge in [-0.1, -0.05) is 6.92 Å². The molecule has 0 saturated heterocycles. The van der Waals surface area contributed by atoms with Gasteiger partial charge in [-0.15, -0.1) is 0 Å². The molecule has 1 heterocycles. The number of hydrogen-bond donors (Lipinski definition) is 2. The SMILES string of the molecule is CCCn1cc(N)c(=O)n(CC(=O)O)c1=O. The molecule has 7 heteroatoms. The van der Waals surface area contributed by atoms with Crippen LogP contribution in [0.2, 0.25) is 0 Å². The number of carboxylic acid groups (broad SMARTS) is 1. The molecule has 3 N–H and O–H groups in total. The third-order valence-corrected chi connectivity index (χ3v) is 2.02. The van der Waals surface area contributed by atoms with Crippen molar-refractivity contribution in [3.63, 3.8) is 0 Å². The Morgan fingerprint density at radius 3 is 2.62 bits per heavy atom. The Morgan fingerprint density at radius 2 is 2.12 bits per heavy atom. The number of nitrogen functional groups attached to an aromatic ring is 1. The van der Waals surface area contributed by atoms with Gasteiger partial charge in [0.2, 0.25) is 0 Å². The van der Waals surface area contributed by atoms with Gasteiger partial charge in [0.25, 0.3) is 5.56 Å². The van der Waals surface area contributed by atoms with Gasteiger partial charge in [-0.05, 0) is 6.42 Å². The van der Waals surface area contributed by atoms with Crippen LogP contribution in [0.5, 0.6) is 0 Å². The Labute approximate surface area is 90.7 Å². The quantitative estimate of drug-likeness (QED) is 0.692.